The van der Waals surface area contributed by atoms with E-state index in [1.807, 2.05) is 0 Å². The maximum absolute atomic E-state index is 12.0. The van der Waals surface area contributed by atoms with Crippen LogP contribution >= 0.6 is 11.6 Å². The molecule has 1 amide bonds. The van der Waals surface area contributed by atoms with Crippen LogP contribution < -0.4 is 5.32 Å². The SMILES string of the molecule is Cc1occc1C(=O)NC(CO)c1ccc(Cl)cc1. The summed E-state index contributed by atoms with van der Waals surface area (Å²) in [6.07, 6.45) is 1.46. The molecule has 1 unspecified atom stereocenters. The average molecular weight is 280 g/mol. The molecule has 100 valence electrons. The third-order valence-electron chi connectivity index (χ3n) is 2.86. The number of amides is 1. The summed E-state index contributed by atoms with van der Waals surface area (Å²) < 4.78 is 5.08. The summed E-state index contributed by atoms with van der Waals surface area (Å²) in [5, 5.41) is 12.8. The zero-order chi connectivity index (χ0) is 13.8. The Labute approximate surface area is 116 Å². The highest BCUT2D eigenvalue weighted by Gasteiger charge is 2.17. The van der Waals surface area contributed by atoms with Crippen molar-refractivity contribution in [2.45, 2.75) is 13.0 Å². The van der Waals surface area contributed by atoms with Gasteiger partial charge in [-0.2, -0.15) is 0 Å². The van der Waals surface area contributed by atoms with Crippen molar-refractivity contribution in [2.75, 3.05) is 6.61 Å². The van der Waals surface area contributed by atoms with Crippen molar-refractivity contribution < 1.29 is 14.3 Å². The Morgan fingerprint density at radius 3 is 2.58 bits per heavy atom. The van der Waals surface area contributed by atoms with Crippen LogP contribution in [0.3, 0.4) is 0 Å². The van der Waals surface area contributed by atoms with Gasteiger partial charge >= 0.3 is 0 Å². The lowest BCUT2D eigenvalue weighted by Gasteiger charge is -2.16. The molecule has 1 heterocycles. The number of rotatable bonds is 4. The minimum absolute atomic E-state index is 0.190. The molecule has 1 aromatic carbocycles. The van der Waals surface area contributed by atoms with Crippen molar-refractivity contribution >= 4 is 17.5 Å². The fourth-order valence-electron chi connectivity index (χ4n) is 1.79. The molecule has 2 aromatic rings. The van der Waals surface area contributed by atoms with E-state index in [9.17, 15) is 9.90 Å². The first kappa shape index (κ1) is 13.6. The highest BCUT2D eigenvalue weighted by molar-refractivity contribution is 6.30. The molecule has 0 aliphatic rings. The Morgan fingerprint density at radius 2 is 2.05 bits per heavy atom. The maximum Gasteiger partial charge on any atom is 0.255 e. The van der Waals surface area contributed by atoms with Gasteiger partial charge in [-0.25, -0.2) is 0 Å². The molecule has 5 heteroatoms. The van der Waals surface area contributed by atoms with Crippen LogP contribution in [-0.4, -0.2) is 17.6 Å². The first-order chi connectivity index (χ1) is 9.11. The van der Waals surface area contributed by atoms with E-state index in [2.05, 4.69) is 5.32 Å². The van der Waals surface area contributed by atoms with Crippen molar-refractivity contribution in [1.29, 1.82) is 0 Å². The number of furan rings is 1. The molecule has 0 saturated heterocycles. The molecule has 0 bridgehead atoms. The van der Waals surface area contributed by atoms with E-state index >= 15 is 0 Å². The van der Waals surface area contributed by atoms with Crippen LogP contribution in [0.15, 0.2) is 41.0 Å². The Morgan fingerprint density at radius 1 is 1.37 bits per heavy atom. The number of carbonyl (C=O) groups excluding carboxylic acids is 1. The van der Waals surface area contributed by atoms with E-state index in [1.54, 1.807) is 37.3 Å². The molecular formula is C14H14ClNO3. The van der Waals surface area contributed by atoms with Gasteiger partial charge in [0.05, 0.1) is 24.5 Å². The van der Waals surface area contributed by atoms with Gasteiger partial charge in [-0.3, -0.25) is 4.79 Å². The predicted molar refractivity (Wildman–Crippen MR) is 72.2 cm³/mol. The van der Waals surface area contributed by atoms with E-state index < -0.39 is 6.04 Å². The molecule has 2 N–H and O–H groups in total. The Kier molecular flexibility index (Phi) is 4.24. The molecule has 19 heavy (non-hydrogen) atoms. The van der Waals surface area contributed by atoms with Gasteiger partial charge in [0, 0.05) is 5.02 Å². The Balaban J connectivity index is 2.13. The van der Waals surface area contributed by atoms with E-state index in [1.165, 1.54) is 6.26 Å². The zero-order valence-electron chi connectivity index (χ0n) is 10.4. The third kappa shape index (κ3) is 3.16. The lowest BCUT2D eigenvalue weighted by atomic mass is 10.1. The van der Waals surface area contributed by atoms with E-state index in [0.29, 0.717) is 16.3 Å². The topological polar surface area (TPSA) is 62.5 Å². The van der Waals surface area contributed by atoms with Crippen molar-refractivity contribution in [3.63, 3.8) is 0 Å². The van der Waals surface area contributed by atoms with Gasteiger partial charge in [-0.15, -0.1) is 0 Å². The van der Waals surface area contributed by atoms with Crippen LogP contribution in [0.25, 0.3) is 0 Å². The smallest absolute Gasteiger partial charge is 0.255 e. The largest absolute Gasteiger partial charge is 0.469 e. The Hall–Kier alpha value is -1.78. The standard InChI is InChI=1S/C14H14ClNO3/c1-9-12(6-7-19-9)14(18)16-13(8-17)10-2-4-11(15)5-3-10/h2-7,13,17H,8H2,1H3,(H,16,18). The molecule has 1 aromatic heterocycles. The van der Waals surface area contributed by atoms with Crippen LogP contribution in [0.2, 0.25) is 5.02 Å². The monoisotopic (exact) mass is 279 g/mol. The van der Waals surface area contributed by atoms with E-state index in [4.69, 9.17) is 16.0 Å². The number of hydrogen-bond acceptors (Lipinski definition) is 3. The highest BCUT2D eigenvalue weighted by atomic mass is 35.5. The third-order valence-corrected chi connectivity index (χ3v) is 3.12. The average Bonchev–Trinajstić information content (AvgIpc) is 2.83. The van der Waals surface area contributed by atoms with Crippen molar-refractivity contribution in [2.24, 2.45) is 0 Å². The van der Waals surface area contributed by atoms with Crippen molar-refractivity contribution in [3.8, 4) is 0 Å². The molecule has 0 fully saturated rings. The molecule has 1 atom stereocenters. The summed E-state index contributed by atoms with van der Waals surface area (Å²) in [5.74, 6) is 0.269. The molecule has 4 nitrogen and oxygen atoms in total. The minimum Gasteiger partial charge on any atom is -0.469 e. The van der Waals surface area contributed by atoms with Gasteiger partial charge in [0.15, 0.2) is 0 Å². The lowest BCUT2D eigenvalue weighted by molar-refractivity contribution is 0.0914. The van der Waals surface area contributed by atoms with Crippen LogP contribution in [0, 0.1) is 6.92 Å². The second-order valence-corrected chi connectivity index (χ2v) is 4.59. The molecule has 0 saturated carbocycles. The summed E-state index contributed by atoms with van der Waals surface area (Å²) in [6.45, 7) is 1.52. The van der Waals surface area contributed by atoms with Gasteiger partial charge in [0.1, 0.15) is 5.76 Å². The van der Waals surface area contributed by atoms with Gasteiger partial charge in [0.2, 0.25) is 0 Å². The van der Waals surface area contributed by atoms with Gasteiger partial charge in [-0.1, -0.05) is 23.7 Å². The summed E-state index contributed by atoms with van der Waals surface area (Å²) in [6, 6.07) is 8.10. The summed E-state index contributed by atoms with van der Waals surface area (Å²) >= 11 is 5.81. The molecule has 0 radical (unpaired) electrons. The molecular weight excluding hydrogens is 266 g/mol. The van der Waals surface area contributed by atoms with Crippen molar-refractivity contribution in [3.05, 3.63) is 58.5 Å². The minimum atomic E-state index is -0.473. The number of aryl methyl sites for hydroxylation is 1. The highest BCUT2D eigenvalue weighted by Crippen LogP contribution is 2.17. The van der Waals surface area contributed by atoms with Crippen LogP contribution in [0.5, 0.6) is 0 Å². The number of carbonyl (C=O) groups is 1. The predicted octanol–water partition coefficient (Wildman–Crippen LogP) is 2.70. The van der Waals surface area contributed by atoms with Gasteiger partial charge < -0.3 is 14.8 Å². The number of nitrogens with one attached hydrogen (secondary N) is 1. The second-order valence-electron chi connectivity index (χ2n) is 4.15. The van der Waals surface area contributed by atoms with Crippen molar-refractivity contribution in [1.82, 2.24) is 5.32 Å². The van der Waals surface area contributed by atoms with E-state index in [-0.39, 0.29) is 12.5 Å². The number of hydrogen-bond donors (Lipinski definition) is 2. The molecule has 0 spiro atoms. The van der Waals surface area contributed by atoms with Gasteiger partial charge in [-0.05, 0) is 30.7 Å². The fourth-order valence-corrected chi connectivity index (χ4v) is 1.91. The maximum atomic E-state index is 12.0. The van der Waals surface area contributed by atoms with Gasteiger partial charge in [0.25, 0.3) is 5.91 Å². The first-order valence-corrected chi connectivity index (χ1v) is 6.21. The van der Waals surface area contributed by atoms with Crippen LogP contribution in [0.1, 0.15) is 27.7 Å². The molecule has 0 aliphatic carbocycles. The number of aliphatic hydroxyl groups is 1. The number of benzene rings is 1. The van der Waals surface area contributed by atoms with E-state index in [0.717, 1.165) is 5.56 Å². The number of aliphatic hydroxyl groups excluding tert-OH is 1. The summed E-state index contributed by atoms with van der Waals surface area (Å²) in [7, 11) is 0. The summed E-state index contributed by atoms with van der Waals surface area (Å²) in [5.41, 5.74) is 1.26. The van der Waals surface area contributed by atoms with Crippen LogP contribution in [-0.2, 0) is 0 Å². The van der Waals surface area contributed by atoms with Crippen LogP contribution in [0.4, 0.5) is 0 Å². The Bertz CT molecular complexity index is 562. The second kappa shape index (κ2) is 5.91. The zero-order valence-corrected chi connectivity index (χ0v) is 11.1. The molecule has 0 aliphatic heterocycles. The first-order valence-electron chi connectivity index (χ1n) is 5.83. The fraction of sp³-hybridized carbons (Fsp3) is 0.214. The quantitative estimate of drug-likeness (QED) is 0.904. The number of halogens is 1. The normalized spacial score (nSPS) is 12.2. The molecule has 2 rings (SSSR count). The summed E-state index contributed by atoms with van der Waals surface area (Å²) in [4.78, 5) is 12.0. The lowest BCUT2D eigenvalue weighted by Crippen LogP contribution is -2.30.